The van der Waals surface area contributed by atoms with E-state index >= 15 is 0 Å². The van der Waals surface area contributed by atoms with Crippen LogP contribution in [0.3, 0.4) is 0 Å². The highest BCUT2D eigenvalue weighted by Gasteiger charge is 2.41. The number of carbonyl (C=O) groups excluding carboxylic acids is 1. The number of hydrogen-bond donors (Lipinski definition) is 0. The van der Waals surface area contributed by atoms with Crippen molar-refractivity contribution in [3.05, 3.63) is 22.9 Å². The standard InChI is InChI=1S/C22H33N5O/c1-17-14-19(15-23)21(24-18(17)2)26-12-8-22(9-13-26)7-6-20(28)27(16-22)11-5-10-25(3)4/h14H,5-13,16H2,1-4H3. The van der Waals surface area contributed by atoms with Crippen LogP contribution >= 0.6 is 0 Å². The first kappa shape index (κ1) is 20.6. The summed E-state index contributed by atoms with van der Waals surface area (Å²) in [5.41, 5.74) is 2.95. The van der Waals surface area contributed by atoms with E-state index in [4.69, 9.17) is 4.98 Å². The van der Waals surface area contributed by atoms with E-state index in [0.717, 1.165) is 75.5 Å². The van der Waals surface area contributed by atoms with Crippen molar-refractivity contribution < 1.29 is 4.79 Å². The number of rotatable bonds is 5. The third-order valence-corrected chi connectivity index (χ3v) is 6.47. The lowest BCUT2D eigenvalue weighted by molar-refractivity contribution is -0.138. The van der Waals surface area contributed by atoms with Gasteiger partial charge in [-0.25, -0.2) is 4.98 Å². The third-order valence-electron chi connectivity index (χ3n) is 6.47. The van der Waals surface area contributed by atoms with Gasteiger partial charge in [0.25, 0.3) is 0 Å². The zero-order valence-electron chi connectivity index (χ0n) is 17.8. The highest BCUT2D eigenvalue weighted by Crippen LogP contribution is 2.41. The largest absolute Gasteiger partial charge is 0.355 e. The van der Waals surface area contributed by atoms with Gasteiger partial charge in [-0.2, -0.15) is 5.26 Å². The number of aromatic nitrogens is 1. The Labute approximate surface area is 169 Å². The Kier molecular flexibility index (Phi) is 6.24. The molecule has 3 rings (SSSR count). The van der Waals surface area contributed by atoms with Crippen LogP contribution in [0.2, 0.25) is 0 Å². The van der Waals surface area contributed by atoms with Gasteiger partial charge in [0.2, 0.25) is 5.91 Å². The molecule has 0 saturated carbocycles. The number of piperidine rings is 2. The lowest BCUT2D eigenvalue weighted by Gasteiger charge is -2.48. The molecule has 3 heterocycles. The van der Waals surface area contributed by atoms with Crippen molar-refractivity contribution in [2.75, 3.05) is 51.7 Å². The summed E-state index contributed by atoms with van der Waals surface area (Å²) in [4.78, 5) is 23.6. The molecule has 2 fully saturated rings. The maximum atomic E-state index is 12.4. The fraction of sp³-hybridized carbons (Fsp3) is 0.682. The molecule has 1 amide bonds. The molecule has 1 spiro atoms. The molecule has 152 valence electrons. The average molecular weight is 384 g/mol. The molecule has 0 bridgehead atoms. The average Bonchev–Trinajstić information content (AvgIpc) is 2.67. The van der Waals surface area contributed by atoms with Crippen molar-refractivity contribution >= 4 is 11.7 Å². The van der Waals surface area contributed by atoms with E-state index in [0.29, 0.717) is 17.9 Å². The van der Waals surface area contributed by atoms with Gasteiger partial charge in [-0.3, -0.25) is 4.79 Å². The summed E-state index contributed by atoms with van der Waals surface area (Å²) in [5, 5.41) is 9.53. The molecule has 0 N–H and O–H groups in total. The summed E-state index contributed by atoms with van der Waals surface area (Å²) in [5.74, 6) is 1.14. The molecule has 6 nitrogen and oxygen atoms in total. The molecular weight excluding hydrogens is 350 g/mol. The third kappa shape index (κ3) is 4.47. The van der Waals surface area contributed by atoms with E-state index in [9.17, 15) is 10.1 Å². The van der Waals surface area contributed by atoms with Crippen molar-refractivity contribution in [2.24, 2.45) is 5.41 Å². The fourth-order valence-corrected chi connectivity index (χ4v) is 4.50. The number of pyridine rings is 1. The molecule has 6 heteroatoms. The first-order valence-corrected chi connectivity index (χ1v) is 10.4. The molecule has 0 atom stereocenters. The van der Waals surface area contributed by atoms with E-state index in [-0.39, 0.29) is 5.41 Å². The number of likely N-dealkylation sites (tertiary alicyclic amines) is 1. The Bertz CT molecular complexity index is 759. The highest BCUT2D eigenvalue weighted by molar-refractivity contribution is 5.77. The Balaban J connectivity index is 1.65. The van der Waals surface area contributed by atoms with Gasteiger partial charge in [-0.05, 0) is 77.2 Å². The predicted molar refractivity (Wildman–Crippen MR) is 111 cm³/mol. The molecule has 0 aliphatic carbocycles. The predicted octanol–water partition coefficient (Wildman–Crippen LogP) is 2.73. The van der Waals surface area contributed by atoms with Gasteiger partial charge in [-0.1, -0.05) is 0 Å². The number of amides is 1. The molecule has 28 heavy (non-hydrogen) atoms. The molecule has 0 aromatic carbocycles. The van der Waals surface area contributed by atoms with E-state index in [1.807, 2.05) is 19.9 Å². The van der Waals surface area contributed by atoms with Gasteiger partial charge < -0.3 is 14.7 Å². The van der Waals surface area contributed by atoms with Gasteiger partial charge in [0.05, 0.1) is 5.56 Å². The Morgan fingerprint density at radius 3 is 2.61 bits per heavy atom. The summed E-state index contributed by atoms with van der Waals surface area (Å²) in [6.07, 6.45) is 4.81. The number of hydrogen-bond acceptors (Lipinski definition) is 5. The van der Waals surface area contributed by atoms with Crippen LogP contribution in [-0.4, -0.2) is 67.5 Å². The zero-order chi connectivity index (χ0) is 20.3. The van der Waals surface area contributed by atoms with Gasteiger partial charge in [0.15, 0.2) is 0 Å². The monoisotopic (exact) mass is 383 g/mol. The number of carbonyl (C=O) groups is 1. The molecular formula is C22H33N5O. The van der Waals surface area contributed by atoms with Crippen molar-refractivity contribution in [3.63, 3.8) is 0 Å². The normalized spacial score (nSPS) is 19.4. The summed E-state index contributed by atoms with van der Waals surface area (Å²) in [6.45, 7) is 8.58. The Morgan fingerprint density at radius 1 is 1.25 bits per heavy atom. The molecule has 0 radical (unpaired) electrons. The van der Waals surface area contributed by atoms with Crippen LogP contribution in [0.5, 0.6) is 0 Å². The van der Waals surface area contributed by atoms with E-state index in [1.165, 1.54) is 0 Å². The van der Waals surface area contributed by atoms with Crippen LogP contribution in [0.15, 0.2) is 6.07 Å². The number of nitrogens with zero attached hydrogens (tertiary/aromatic N) is 5. The van der Waals surface area contributed by atoms with Gasteiger partial charge in [0, 0.05) is 38.3 Å². The molecule has 1 aromatic rings. The maximum Gasteiger partial charge on any atom is 0.222 e. The minimum atomic E-state index is 0.231. The Morgan fingerprint density at radius 2 is 1.96 bits per heavy atom. The Hall–Kier alpha value is -2.13. The van der Waals surface area contributed by atoms with E-state index < -0.39 is 0 Å². The van der Waals surface area contributed by atoms with Gasteiger partial charge in [-0.15, -0.1) is 0 Å². The smallest absolute Gasteiger partial charge is 0.222 e. The first-order chi connectivity index (χ1) is 13.3. The second-order valence-electron chi connectivity index (χ2n) is 8.83. The molecule has 0 unspecified atom stereocenters. The minimum Gasteiger partial charge on any atom is -0.355 e. The van der Waals surface area contributed by atoms with Gasteiger partial charge in [0.1, 0.15) is 11.9 Å². The molecule has 2 saturated heterocycles. The van der Waals surface area contributed by atoms with Crippen LogP contribution in [0.4, 0.5) is 5.82 Å². The minimum absolute atomic E-state index is 0.231. The highest BCUT2D eigenvalue weighted by atomic mass is 16.2. The van der Waals surface area contributed by atoms with Crippen molar-refractivity contribution in [2.45, 2.75) is 46.0 Å². The van der Waals surface area contributed by atoms with Crippen LogP contribution in [0.1, 0.15) is 48.9 Å². The quantitative estimate of drug-likeness (QED) is 0.782. The summed E-state index contributed by atoms with van der Waals surface area (Å²) in [7, 11) is 4.15. The zero-order valence-corrected chi connectivity index (χ0v) is 17.8. The van der Waals surface area contributed by atoms with Crippen LogP contribution in [-0.2, 0) is 4.79 Å². The molecule has 1 aromatic heterocycles. The van der Waals surface area contributed by atoms with Crippen molar-refractivity contribution in [1.29, 1.82) is 5.26 Å². The second-order valence-corrected chi connectivity index (χ2v) is 8.83. The maximum absolute atomic E-state index is 12.4. The second kappa shape index (κ2) is 8.48. The summed E-state index contributed by atoms with van der Waals surface area (Å²) >= 11 is 0. The first-order valence-electron chi connectivity index (χ1n) is 10.4. The number of nitriles is 1. The van der Waals surface area contributed by atoms with Crippen molar-refractivity contribution in [1.82, 2.24) is 14.8 Å². The topological polar surface area (TPSA) is 63.5 Å². The van der Waals surface area contributed by atoms with Crippen molar-refractivity contribution in [3.8, 4) is 6.07 Å². The van der Waals surface area contributed by atoms with E-state index in [2.05, 4.69) is 34.9 Å². The number of aryl methyl sites for hydroxylation is 2. The SMILES string of the molecule is Cc1cc(C#N)c(N2CCC3(CCC(=O)N(CCCN(C)C)C3)CC2)nc1C. The van der Waals surface area contributed by atoms with E-state index in [1.54, 1.807) is 0 Å². The molecule has 2 aliphatic rings. The van der Waals surface area contributed by atoms with Gasteiger partial charge >= 0.3 is 0 Å². The lowest BCUT2D eigenvalue weighted by atomic mass is 9.72. The fourth-order valence-electron chi connectivity index (χ4n) is 4.50. The summed E-state index contributed by atoms with van der Waals surface area (Å²) < 4.78 is 0. The lowest BCUT2D eigenvalue weighted by Crippen LogP contribution is -2.52. The van der Waals surface area contributed by atoms with Crippen LogP contribution in [0, 0.1) is 30.6 Å². The number of anilines is 1. The van der Waals surface area contributed by atoms with Crippen LogP contribution < -0.4 is 4.90 Å². The molecule has 2 aliphatic heterocycles. The van der Waals surface area contributed by atoms with Crippen LogP contribution in [0.25, 0.3) is 0 Å². The summed E-state index contributed by atoms with van der Waals surface area (Å²) in [6, 6.07) is 4.27.